The Bertz CT molecular complexity index is 816. The van der Waals surface area contributed by atoms with Gasteiger partial charge in [0.25, 0.3) is 0 Å². The molecule has 1 saturated carbocycles. The van der Waals surface area contributed by atoms with Gasteiger partial charge in [-0.3, -0.25) is 5.32 Å². The van der Waals surface area contributed by atoms with Gasteiger partial charge in [0, 0.05) is 29.6 Å². The molecule has 5 nitrogen and oxygen atoms in total. The zero-order valence-corrected chi connectivity index (χ0v) is 13.0. The number of nitrogens with zero attached hydrogens (tertiary/aromatic N) is 1. The van der Waals surface area contributed by atoms with E-state index in [-0.39, 0.29) is 35.8 Å². The number of aromatic nitrogens is 1. The number of fused-ring (bicyclic) bond motifs is 3. The van der Waals surface area contributed by atoms with E-state index in [0.717, 1.165) is 12.1 Å². The highest BCUT2D eigenvalue weighted by atomic mass is 35.5. The Morgan fingerprint density at radius 1 is 1.25 bits per heavy atom. The number of rotatable bonds is 2. The monoisotopic (exact) mass is 351 g/mol. The average Bonchev–Trinajstić information content (AvgIpc) is 3.26. The molecule has 1 aromatic heterocycles. The molecule has 2 aromatic rings. The van der Waals surface area contributed by atoms with Crippen LogP contribution in [-0.4, -0.2) is 23.7 Å². The molecule has 0 radical (unpaired) electrons. The van der Waals surface area contributed by atoms with Gasteiger partial charge < -0.3 is 10.1 Å². The molecule has 0 bridgehead atoms. The van der Waals surface area contributed by atoms with Gasteiger partial charge >= 0.3 is 6.03 Å². The Labute approximate surface area is 141 Å². The van der Waals surface area contributed by atoms with Crippen molar-refractivity contribution in [1.29, 1.82) is 0 Å². The Balaban J connectivity index is 1.47. The van der Waals surface area contributed by atoms with Crippen LogP contribution in [0.25, 0.3) is 0 Å². The van der Waals surface area contributed by atoms with Crippen LogP contribution in [0.15, 0.2) is 30.5 Å². The third kappa shape index (κ3) is 2.54. The molecule has 0 spiro atoms. The normalized spacial score (nSPS) is 23.5. The third-order valence-corrected chi connectivity index (χ3v) is 4.51. The summed E-state index contributed by atoms with van der Waals surface area (Å²) in [7, 11) is 0. The molecule has 1 aromatic carbocycles. The van der Waals surface area contributed by atoms with Crippen molar-refractivity contribution in [3.63, 3.8) is 0 Å². The summed E-state index contributed by atoms with van der Waals surface area (Å²) in [5.41, 5.74) is 0.196. The van der Waals surface area contributed by atoms with Crippen molar-refractivity contribution < 1.29 is 18.3 Å². The van der Waals surface area contributed by atoms with Gasteiger partial charge in [-0.25, -0.2) is 18.6 Å². The average molecular weight is 352 g/mol. The highest BCUT2D eigenvalue weighted by Gasteiger charge is 2.57. The molecule has 4 rings (SSSR count). The molecule has 1 fully saturated rings. The van der Waals surface area contributed by atoms with Crippen LogP contribution in [0.4, 0.5) is 19.4 Å². The standard InChI is InChI=1S/C16H12ClF2N3O2/c17-7-1-4-11(20-5-7)21-16(23)22-14-8-6-24-15-10(19)3-2-9(18)13(15)12(8)14/h1-5,8,12,14H,6H2,(H2,20,21,22,23)/t8-,12-,14-/m1/s1. The summed E-state index contributed by atoms with van der Waals surface area (Å²) in [6.45, 7) is 0.238. The van der Waals surface area contributed by atoms with Gasteiger partial charge in [-0.05, 0) is 24.3 Å². The predicted molar refractivity (Wildman–Crippen MR) is 83.3 cm³/mol. The molecular formula is C16H12ClF2N3O2. The lowest BCUT2D eigenvalue weighted by Gasteiger charge is -2.16. The zero-order valence-electron chi connectivity index (χ0n) is 12.2. The summed E-state index contributed by atoms with van der Waals surface area (Å²) >= 11 is 5.73. The number of ether oxygens (including phenoxy) is 1. The fourth-order valence-corrected chi connectivity index (χ4v) is 3.22. The van der Waals surface area contributed by atoms with Crippen molar-refractivity contribution in [1.82, 2.24) is 10.3 Å². The van der Waals surface area contributed by atoms with E-state index in [2.05, 4.69) is 15.6 Å². The number of carbonyl (C=O) groups excluding carboxylic acids is 1. The SMILES string of the molecule is O=C(Nc1ccc(Cl)cn1)N[C@@H]1[C@@H]2COc3c(F)ccc(F)c3[C@@H]21. The molecule has 0 unspecified atom stereocenters. The molecule has 2 aliphatic rings. The number of hydrogen-bond donors (Lipinski definition) is 2. The minimum Gasteiger partial charge on any atom is -0.490 e. The summed E-state index contributed by atoms with van der Waals surface area (Å²) in [6, 6.07) is 4.50. The Morgan fingerprint density at radius 3 is 2.79 bits per heavy atom. The first kappa shape index (κ1) is 15.1. The van der Waals surface area contributed by atoms with Crippen LogP contribution in [0.5, 0.6) is 5.75 Å². The first-order valence-corrected chi connectivity index (χ1v) is 7.72. The van der Waals surface area contributed by atoms with Crippen LogP contribution in [-0.2, 0) is 0 Å². The molecule has 2 amide bonds. The van der Waals surface area contributed by atoms with Crippen molar-refractivity contribution >= 4 is 23.4 Å². The van der Waals surface area contributed by atoms with Crippen LogP contribution in [0, 0.1) is 17.6 Å². The number of urea groups is 1. The van der Waals surface area contributed by atoms with Gasteiger partial charge in [0.05, 0.1) is 11.6 Å². The van der Waals surface area contributed by atoms with Crippen LogP contribution in [0.2, 0.25) is 5.02 Å². The number of anilines is 1. The van der Waals surface area contributed by atoms with Crippen molar-refractivity contribution in [2.24, 2.45) is 5.92 Å². The third-order valence-electron chi connectivity index (χ3n) is 4.28. The van der Waals surface area contributed by atoms with Crippen LogP contribution >= 0.6 is 11.6 Å². The van der Waals surface area contributed by atoms with Crippen LogP contribution in [0.3, 0.4) is 0 Å². The van der Waals surface area contributed by atoms with E-state index in [9.17, 15) is 13.6 Å². The quantitative estimate of drug-likeness (QED) is 0.872. The van der Waals surface area contributed by atoms with E-state index in [4.69, 9.17) is 16.3 Å². The maximum atomic E-state index is 14.0. The van der Waals surface area contributed by atoms with Crippen LogP contribution < -0.4 is 15.4 Å². The van der Waals surface area contributed by atoms with Gasteiger partial charge in [-0.1, -0.05) is 11.6 Å². The van der Waals surface area contributed by atoms with Gasteiger partial charge in [0.15, 0.2) is 11.6 Å². The molecule has 1 aliphatic carbocycles. The lowest BCUT2D eigenvalue weighted by Crippen LogP contribution is -2.32. The number of hydrogen-bond acceptors (Lipinski definition) is 3. The van der Waals surface area contributed by atoms with E-state index in [1.165, 1.54) is 6.20 Å². The minimum absolute atomic E-state index is 0.0553. The highest BCUT2D eigenvalue weighted by Crippen LogP contribution is 2.55. The van der Waals surface area contributed by atoms with E-state index in [1.54, 1.807) is 12.1 Å². The summed E-state index contributed by atoms with van der Waals surface area (Å²) in [5, 5.41) is 5.78. The summed E-state index contributed by atoms with van der Waals surface area (Å²) in [6.07, 6.45) is 1.41. The second kappa shape index (κ2) is 5.59. The van der Waals surface area contributed by atoms with E-state index in [0.29, 0.717) is 10.8 Å². The second-order valence-corrected chi connectivity index (χ2v) is 6.19. The number of halogens is 3. The zero-order chi connectivity index (χ0) is 16.8. The molecule has 1 aliphatic heterocycles. The van der Waals surface area contributed by atoms with E-state index in [1.807, 2.05) is 0 Å². The van der Waals surface area contributed by atoms with Crippen LogP contribution in [0.1, 0.15) is 11.5 Å². The minimum atomic E-state index is -0.592. The Kier molecular flexibility index (Phi) is 3.53. The molecule has 24 heavy (non-hydrogen) atoms. The molecule has 2 heterocycles. The Morgan fingerprint density at radius 2 is 2.04 bits per heavy atom. The van der Waals surface area contributed by atoms with Crippen molar-refractivity contribution in [2.75, 3.05) is 11.9 Å². The summed E-state index contributed by atoms with van der Waals surface area (Å²) in [5.74, 6) is -1.18. The van der Waals surface area contributed by atoms with Gasteiger partial charge in [-0.15, -0.1) is 0 Å². The maximum Gasteiger partial charge on any atom is 0.320 e. The first-order valence-electron chi connectivity index (χ1n) is 7.34. The Hall–Kier alpha value is -2.41. The number of nitrogens with one attached hydrogen (secondary N) is 2. The van der Waals surface area contributed by atoms with Crippen molar-refractivity contribution in [3.05, 3.63) is 52.7 Å². The lowest BCUT2D eigenvalue weighted by atomic mass is 10.0. The molecule has 124 valence electrons. The number of benzene rings is 1. The van der Waals surface area contributed by atoms with E-state index >= 15 is 0 Å². The summed E-state index contributed by atoms with van der Waals surface area (Å²) in [4.78, 5) is 16.0. The lowest BCUT2D eigenvalue weighted by molar-refractivity contribution is 0.247. The highest BCUT2D eigenvalue weighted by molar-refractivity contribution is 6.30. The molecular weight excluding hydrogens is 340 g/mol. The first-order chi connectivity index (χ1) is 11.5. The number of pyridine rings is 1. The predicted octanol–water partition coefficient (Wildman–Crippen LogP) is 3.31. The number of amides is 2. The van der Waals surface area contributed by atoms with Gasteiger partial charge in [-0.2, -0.15) is 0 Å². The summed E-state index contributed by atoms with van der Waals surface area (Å²) < 4.78 is 33.1. The largest absolute Gasteiger partial charge is 0.490 e. The fourth-order valence-electron chi connectivity index (χ4n) is 3.11. The van der Waals surface area contributed by atoms with Crippen molar-refractivity contribution in [2.45, 2.75) is 12.0 Å². The fraction of sp³-hybridized carbons (Fsp3) is 0.250. The smallest absolute Gasteiger partial charge is 0.320 e. The van der Waals surface area contributed by atoms with Crippen molar-refractivity contribution in [3.8, 4) is 5.75 Å². The molecule has 8 heteroatoms. The molecule has 0 saturated heterocycles. The molecule has 2 N–H and O–H groups in total. The molecule has 3 atom stereocenters. The van der Waals surface area contributed by atoms with E-state index < -0.39 is 17.7 Å². The number of carbonyl (C=O) groups is 1. The van der Waals surface area contributed by atoms with Gasteiger partial charge in [0.2, 0.25) is 0 Å². The maximum absolute atomic E-state index is 14.0. The second-order valence-electron chi connectivity index (χ2n) is 5.76. The topological polar surface area (TPSA) is 63.2 Å². The van der Waals surface area contributed by atoms with Gasteiger partial charge in [0.1, 0.15) is 11.6 Å².